The third-order valence-corrected chi connectivity index (χ3v) is 4.67. The molecule has 1 aromatic carbocycles. The fourth-order valence-electron chi connectivity index (χ4n) is 2.34. The number of ether oxygens (including phenoxy) is 1. The van der Waals surface area contributed by atoms with E-state index < -0.39 is 0 Å². The Hall–Kier alpha value is -0.900. The summed E-state index contributed by atoms with van der Waals surface area (Å²) in [4.78, 5) is 1.42. The van der Waals surface area contributed by atoms with Crippen LogP contribution in [-0.2, 0) is 4.74 Å². The van der Waals surface area contributed by atoms with Crippen molar-refractivity contribution in [1.29, 1.82) is 0 Å². The molecule has 0 aliphatic carbocycles. The Morgan fingerprint density at radius 2 is 2.24 bits per heavy atom. The minimum Gasteiger partial charge on any atom is -0.371 e. The molecule has 1 aliphatic heterocycles. The number of hydrogen-bond acceptors (Lipinski definition) is 3. The van der Waals surface area contributed by atoms with Crippen molar-refractivity contribution in [3.05, 3.63) is 34.2 Å². The second-order valence-electron chi connectivity index (χ2n) is 4.60. The van der Waals surface area contributed by atoms with E-state index in [4.69, 9.17) is 4.74 Å². The third kappa shape index (κ3) is 1.99. The maximum absolute atomic E-state index is 5.79. The van der Waals surface area contributed by atoms with Crippen molar-refractivity contribution in [2.45, 2.75) is 20.0 Å². The molecule has 3 rings (SSSR count). The molecule has 2 aromatic rings. The Bertz CT molecular complexity index is 540. The van der Waals surface area contributed by atoms with E-state index in [1.54, 1.807) is 0 Å². The van der Waals surface area contributed by atoms with E-state index in [0.29, 0.717) is 0 Å². The molecule has 0 radical (unpaired) electrons. The maximum atomic E-state index is 5.79. The van der Waals surface area contributed by atoms with Crippen LogP contribution in [0.1, 0.15) is 22.1 Å². The van der Waals surface area contributed by atoms with Gasteiger partial charge in [-0.2, -0.15) is 0 Å². The summed E-state index contributed by atoms with van der Waals surface area (Å²) in [6, 6.07) is 6.73. The van der Waals surface area contributed by atoms with Crippen LogP contribution in [0.2, 0.25) is 0 Å². The topological polar surface area (TPSA) is 21.3 Å². The van der Waals surface area contributed by atoms with Crippen LogP contribution in [0.15, 0.2) is 18.2 Å². The predicted molar refractivity (Wildman–Crippen MR) is 72.9 cm³/mol. The summed E-state index contributed by atoms with van der Waals surface area (Å²) in [6.07, 6.45) is 0.218. The smallest absolute Gasteiger partial charge is 0.0950 e. The molecular formula is C14H17NOS. The van der Waals surface area contributed by atoms with Gasteiger partial charge in [-0.3, -0.25) is 0 Å². The summed E-state index contributed by atoms with van der Waals surface area (Å²) in [5.41, 5.74) is 2.71. The van der Waals surface area contributed by atoms with Crippen molar-refractivity contribution in [3.8, 4) is 0 Å². The van der Waals surface area contributed by atoms with Crippen LogP contribution in [0.5, 0.6) is 0 Å². The van der Waals surface area contributed by atoms with Crippen molar-refractivity contribution in [3.63, 3.8) is 0 Å². The van der Waals surface area contributed by atoms with Gasteiger partial charge >= 0.3 is 0 Å². The van der Waals surface area contributed by atoms with Crippen LogP contribution in [0.25, 0.3) is 10.1 Å². The molecule has 1 atom stereocenters. The summed E-state index contributed by atoms with van der Waals surface area (Å²) in [5.74, 6) is 0. The Balaban J connectivity index is 2.01. The average molecular weight is 247 g/mol. The zero-order valence-corrected chi connectivity index (χ0v) is 11.1. The zero-order chi connectivity index (χ0) is 11.8. The lowest BCUT2D eigenvalue weighted by Gasteiger charge is -2.23. The number of aryl methyl sites for hydroxylation is 2. The van der Waals surface area contributed by atoms with E-state index in [1.165, 1.54) is 26.1 Å². The van der Waals surface area contributed by atoms with Gasteiger partial charge in [0.2, 0.25) is 0 Å². The van der Waals surface area contributed by atoms with Crippen LogP contribution >= 0.6 is 11.3 Å². The number of benzene rings is 1. The summed E-state index contributed by atoms with van der Waals surface area (Å²) in [5, 5.41) is 4.77. The first kappa shape index (κ1) is 11.2. The van der Waals surface area contributed by atoms with Gasteiger partial charge in [0.15, 0.2) is 0 Å². The van der Waals surface area contributed by atoms with Crippen LogP contribution < -0.4 is 5.32 Å². The Morgan fingerprint density at radius 1 is 1.35 bits per heavy atom. The van der Waals surface area contributed by atoms with Crippen molar-refractivity contribution in [2.75, 3.05) is 19.7 Å². The van der Waals surface area contributed by atoms with Gasteiger partial charge in [0.25, 0.3) is 0 Å². The number of thiophene rings is 1. The number of rotatable bonds is 1. The maximum Gasteiger partial charge on any atom is 0.0950 e. The van der Waals surface area contributed by atoms with Gasteiger partial charge in [-0.05, 0) is 36.4 Å². The molecule has 2 nitrogen and oxygen atoms in total. The molecule has 0 spiro atoms. The monoisotopic (exact) mass is 247 g/mol. The van der Waals surface area contributed by atoms with Crippen LogP contribution in [-0.4, -0.2) is 19.7 Å². The Labute approximate surface area is 106 Å². The Morgan fingerprint density at radius 3 is 3.00 bits per heavy atom. The highest BCUT2D eigenvalue weighted by atomic mass is 32.1. The van der Waals surface area contributed by atoms with Crippen molar-refractivity contribution >= 4 is 21.4 Å². The first-order chi connectivity index (χ1) is 8.25. The van der Waals surface area contributed by atoms with Gasteiger partial charge in [-0.15, -0.1) is 11.3 Å². The lowest BCUT2D eigenvalue weighted by atomic mass is 10.1. The molecule has 1 unspecified atom stereocenters. The lowest BCUT2D eigenvalue weighted by Crippen LogP contribution is -2.33. The summed E-state index contributed by atoms with van der Waals surface area (Å²) in [6.45, 7) is 7.10. The molecule has 1 fully saturated rings. The fourth-order valence-corrected chi connectivity index (χ4v) is 3.46. The van der Waals surface area contributed by atoms with Gasteiger partial charge in [0, 0.05) is 22.7 Å². The van der Waals surface area contributed by atoms with E-state index in [2.05, 4.69) is 37.4 Å². The van der Waals surface area contributed by atoms with E-state index in [0.717, 1.165) is 19.7 Å². The molecule has 90 valence electrons. The van der Waals surface area contributed by atoms with E-state index in [-0.39, 0.29) is 6.10 Å². The third-order valence-electron chi connectivity index (χ3n) is 3.50. The minimum absolute atomic E-state index is 0.218. The number of nitrogens with one attached hydrogen (secondary N) is 1. The van der Waals surface area contributed by atoms with Crippen LogP contribution in [0, 0.1) is 13.8 Å². The van der Waals surface area contributed by atoms with E-state index >= 15 is 0 Å². The highest BCUT2D eigenvalue weighted by molar-refractivity contribution is 7.19. The van der Waals surface area contributed by atoms with Crippen molar-refractivity contribution in [1.82, 2.24) is 5.32 Å². The molecule has 3 heteroatoms. The zero-order valence-electron chi connectivity index (χ0n) is 10.2. The predicted octanol–water partition coefficient (Wildman–Crippen LogP) is 3.18. The first-order valence-corrected chi connectivity index (χ1v) is 6.89. The fraction of sp³-hybridized carbons (Fsp3) is 0.429. The average Bonchev–Trinajstić information content (AvgIpc) is 2.66. The molecule has 2 heterocycles. The molecule has 0 saturated carbocycles. The summed E-state index contributed by atoms with van der Waals surface area (Å²) < 4.78 is 7.17. The van der Waals surface area contributed by atoms with Gasteiger partial charge < -0.3 is 10.1 Å². The quantitative estimate of drug-likeness (QED) is 0.835. The normalized spacial score (nSPS) is 20.9. The van der Waals surface area contributed by atoms with Gasteiger partial charge in [-0.25, -0.2) is 0 Å². The first-order valence-electron chi connectivity index (χ1n) is 6.07. The number of fused-ring (bicyclic) bond motifs is 1. The van der Waals surface area contributed by atoms with Gasteiger partial charge in [-0.1, -0.05) is 12.1 Å². The van der Waals surface area contributed by atoms with Gasteiger partial charge in [0.05, 0.1) is 12.7 Å². The Kier molecular flexibility index (Phi) is 2.90. The summed E-state index contributed by atoms with van der Waals surface area (Å²) in [7, 11) is 0. The number of morpholine rings is 1. The molecule has 1 saturated heterocycles. The van der Waals surface area contributed by atoms with Gasteiger partial charge in [0.1, 0.15) is 0 Å². The van der Waals surface area contributed by atoms with Crippen LogP contribution in [0.4, 0.5) is 0 Å². The minimum atomic E-state index is 0.218. The SMILES string of the molecule is Cc1sc2cc(C3CNCCO3)ccc2c1C. The lowest BCUT2D eigenvalue weighted by molar-refractivity contribution is 0.0278. The van der Waals surface area contributed by atoms with Crippen molar-refractivity contribution in [2.24, 2.45) is 0 Å². The molecule has 1 aromatic heterocycles. The second kappa shape index (κ2) is 4.41. The van der Waals surface area contributed by atoms with Crippen LogP contribution in [0.3, 0.4) is 0 Å². The molecular weight excluding hydrogens is 230 g/mol. The molecule has 17 heavy (non-hydrogen) atoms. The van der Waals surface area contributed by atoms with E-state index in [9.17, 15) is 0 Å². The second-order valence-corrected chi connectivity index (χ2v) is 5.86. The standard InChI is InChI=1S/C14H17NOS/c1-9-10(2)17-14-7-11(3-4-12(9)14)13-8-15-5-6-16-13/h3-4,7,13,15H,5-6,8H2,1-2H3. The molecule has 1 aliphatic rings. The van der Waals surface area contributed by atoms with E-state index in [1.807, 2.05) is 11.3 Å². The highest BCUT2D eigenvalue weighted by Crippen LogP contribution is 2.32. The van der Waals surface area contributed by atoms with Crippen molar-refractivity contribution < 1.29 is 4.74 Å². The largest absolute Gasteiger partial charge is 0.371 e. The molecule has 0 bridgehead atoms. The molecule has 0 amide bonds. The summed E-state index contributed by atoms with van der Waals surface area (Å²) >= 11 is 1.88. The highest BCUT2D eigenvalue weighted by Gasteiger charge is 2.16. The molecule has 1 N–H and O–H groups in total. The number of hydrogen-bond donors (Lipinski definition) is 1.